The fourth-order valence-electron chi connectivity index (χ4n) is 2.99. The fourth-order valence-corrected chi connectivity index (χ4v) is 2.99. The van der Waals surface area contributed by atoms with E-state index in [0.29, 0.717) is 0 Å². The van der Waals surface area contributed by atoms with Crippen LogP contribution in [-0.4, -0.2) is 29.3 Å². The number of unbranched alkanes of at least 4 members (excludes halogenated alkanes) is 3. The summed E-state index contributed by atoms with van der Waals surface area (Å²) >= 11 is 0. The van der Waals surface area contributed by atoms with E-state index in [-0.39, 0.29) is 29.8 Å². The van der Waals surface area contributed by atoms with Gasteiger partial charge in [-0.2, -0.15) is 4.39 Å². The quantitative estimate of drug-likeness (QED) is 0.245. The Hall–Kier alpha value is -2.60. The molecule has 0 saturated heterocycles. The van der Waals surface area contributed by atoms with E-state index in [0.717, 1.165) is 37.9 Å². The minimum atomic E-state index is -1.06. The molecule has 1 heterocycles. The second-order valence-electron chi connectivity index (χ2n) is 7.40. The standard InChI is InChI=1S/C25H32F2N2O2/c1-4-6-10-16-30-19(3)11-8-7-9-12-20-17-28-25(29-18-20)21-13-14-22(31-15-5-2)24(27)23(21)26/h5,9,12-14,17-19H,2,4,6-8,10-11,15-16H2,1,3H3. The van der Waals surface area contributed by atoms with Crippen molar-refractivity contribution in [2.24, 2.45) is 0 Å². The zero-order chi connectivity index (χ0) is 22.5. The van der Waals surface area contributed by atoms with Crippen LogP contribution in [0.5, 0.6) is 5.75 Å². The minimum Gasteiger partial charge on any atom is -0.486 e. The van der Waals surface area contributed by atoms with Gasteiger partial charge < -0.3 is 9.47 Å². The van der Waals surface area contributed by atoms with Crippen molar-refractivity contribution in [2.75, 3.05) is 13.2 Å². The van der Waals surface area contributed by atoms with E-state index >= 15 is 0 Å². The van der Waals surface area contributed by atoms with Crippen molar-refractivity contribution in [3.8, 4) is 17.1 Å². The Morgan fingerprint density at radius 1 is 1.10 bits per heavy atom. The predicted molar refractivity (Wildman–Crippen MR) is 121 cm³/mol. The van der Waals surface area contributed by atoms with Crippen molar-refractivity contribution in [3.05, 3.63) is 60.5 Å². The summed E-state index contributed by atoms with van der Waals surface area (Å²) in [5.74, 6) is -2.13. The van der Waals surface area contributed by atoms with Gasteiger partial charge in [0.05, 0.1) is 11.7 Å². The highest BCUT2D eigenvalue weighted by molar-refractivity contribution is 5.59. The number of hydrogen-bond donors (Lipinski definition) is 0. The Balaban J connectivity index is 1.84. The maximum Gasteiger partial charge on any atom is 0.201 e. The lowest BCUT2D eigenvalue weighted by molar-refractivity contribution is 0.0566. The van der Waals surface area contributed by atoms with Crippen molar-refractivity contribution < 1.29 is 18.3 Å². The van der Waals surface area contributed by atoms with E-state index in [1.165, 1.54) is 31.1 Å². The summed E-state index contributed by atoms with van der Waals surface area (Å²) in [6.07, 6.45) is 15.4. The Morgan fingerprint density at radius 2 is 1.87 bits per heavy atom. The number of ether oxygens (including phenoxy) is 2. The number of halogens is 2. The minimum absolute atomic E-state index is 0.00749. The third-order valence-electron chi connectivity index (χ3n) is 4.76. The van der Waals surface area contributed by atoms with Gasteiger partial charge in [0.1, 0.15) is 6.61 Å². The molecule has 0 spiro atoms. The van der Waals surface area contributed by atoms with Crippen molar-refractivity contribution in [1.82, 2.24) is 9.97 Å². The molecule has 4 nitrogen and oxygen atoms in total. The molecule has 2 aromatic rings. The number of rotatable bonds is 14. The number of nitrogens with zero attached hydrogens (tertiary/aromatic N) is 2. The highest BCUT2D eigenvalue weighted by atomic mass is 19.2. The summed E-state index contributed by atoms with van der Waals surface area (Å²) in [4.78, 5) is 8.35. The Kier molecular flexibility index (Phi) is 10.9. The first kappa shape index (κ1) is 24.7. The van der Waals surface area contributed by atoms with Crippen LogP contribution in [0.4, 0.5) is 8.78 Å². The fraction of sp³-hybridized carbons (Fsp3) is 0.440. The van der Waals surface area contributed by atoms with Crippen LogP contribution in [0.3, 0.4) is 0 Å². The molecule has 1 aromatic heterocycles. The lowest BCUT2D eigenvalue weighted by Gasteiger charge is -2.11. The summed E-state index contributed by atoms with van der Waals surface area (Å²) in [6.45, 7) is 8.72. The number of benzene rings is 1. The van der Waals surface area contributed by atoms with Crippen molar-refractivity contribution in [2.45, 2.75) is 58.5 Å². The number of allylic oxidation sites excluding steroid dienone is 1. The molecule has 168 valence electrons. The lowest BCUT2D eigenvalue weighted by Crippen LogP contribution is -2.08. The van der Waals surface area contributed by atoms with E-state index in [1.807, 2.05) is 6.08 Å². The maximum atomic E-state index is 14.4. The van der Waals surface area contributed by atoms with Crippen molar-refractivity contribution >= 4 is 6.08 Å². The van der Waals surface area contributed by atoms with E-state index < -0.39 is 11.6 Å². The molecule has 0 radical (unpaired) electrons. The van der Waals surface area contributed by atoms with Gasteiger partial charge in [0.15, 0.2) is 17.4 Å². The molecule has 0 bridgehead atoms. The largest absolute Gasteiger partial charge is 0.486 e. The van der Waals surface area contributed by atoms with Crippen molar-refractivity contribution in [3.63, 3.8) is 0 Å². The first-order valence-electron chi connectivity index (χ1n) is 10.9. The SMILES string of the molecule is C=CCOc1ccc(-c2ncc(C=CCCCC(C)OCCCCC)cn2)c(F)c1F. The summed E-state index contributed by atoms with van der Waals surface area (Å²) in [6, 6.07) is 2.77. The average molecular weight is 431 g/mol. The van der Waals surface area contributed by atoms with Crippen LogP contribution in [0, 0.1) is 11.6 Å². The van der Waals surface area contributed by atoms with E-state index in [1.54, 1.807) is 12.4 Å². The van der Waals surface area contributed by atoms with Gasteiger partial charge in [0.25, 0.3) is 0 Å². The number of aromatic nitrogens is 2. The third-order valence-corrected chi connectivity index (χ3v) is 4.76. The monoisotopic (exact) mass is 430 g/mol. The van der Waals surface area contributed by atoms with Crippen LogP contribution >= 0.6 is 0 Å². The maximum absolute atomic E-state index is 14.4. The topological polar surface area (TPSA) is 44.2 Å². The third kappa shape index (κ3) is 8.21. The molecule has 0 fully saturated rings. The summed E-state index contributed by atoms with van der Waals surface area (Å²) in [7, 11) is 0. The molecule has 1 atom stereocenters. The second-order valence-corrected chi connectivity index (χ2v) is 7.40. The molecule has 0 N–H and O–H groups in total. The van der Waals surface area contributed by atoms with E-state index in [4.69, 9.17) is 9.47 Å². The van der Waals surface area contributed by atoms with Crippen LogP contribution in [0.2, 0.25) is 0 Å². The molecule has 1 unspecified atom stereocenters. The first-order chi connectivity index (χ1) is 15.1. The Labute approximate surface area is 184 Å². The van der Waals surface area contributed by atoms with Crippen LogP contribution in [0.15, 0.2) is 43.3 Å². The second kappa shape index (κ2) is 13.7. The van der Waals surface area contributed by atoms with Gasteiger partial charge in [-0.3, -0.25) is 0 Å². The van der Waals surface area contributed by atoms with Gasteiger partial charge in [0, 0.05) is 24.6 Å². The number of hydrogen-bond acceptors (Lipinski definition) is 4. The van der Waals surface area contributed by atoms with Crippen molar-refractivity contribution in [1.29, 1.82) is 0 Å². The molecule has 0 amide bonds. The van der Waals surface area contributed by atoms with Gasteiger partial charge in [-0.25, -0.2) is 14.4 Å². The predicted octanol–water partition coefficient (Wildman–Crippen LogP) is 6.77. The van der Waals surface area contributed by atoms with E-state index in [2.05, 4.69) is 36.5 Å². The van der Waals surface area contributed by atoms with Crippen LogP contribution < -0.4 is 4.74 Å². The highest BCUT2D eigenvalue weighted by Crippen LogP contribution is 2.28. The first-order valence-corrected chi connectivity index (χ1v) is 10.9. The molecule has 0 aliphatic heterocycles. The van der Waals surface area contributed by atoms with Gasteiger partial charge in [0.2, 0.25) is 5.82 Å². The zero-order valence-electron chi connectivity index (χ0n) is 18.4. The Morgan fingerprint density at radius 3 is 2.58 bits per heavy atom. The molecule has 0 saturated carbocycles. The highest BCUT2D eigenvalue weighted by Gasteiger charge is 2.17. The average Bonchev–Trinajstić information content (AvgIpc) is 2.78. The molecular weight excluding hydrogens is 398 g/mol. The van der Waals surface area contributed by atoms with Crippen LogP contribution in [-0.2, 0) is 4.74 Å². The lowest BCUT2D eigenvalue weighted by atomic mass is 10.1. The normalized spacial score (nSPS) is 12.3. The summed E-state index contributed by atoms with van der Waals surface area (Å²) in [5, 5.41) is 0. The molecular formula is C25H32F2N2O2. The zero-order valence-corrected chi connectivity index (χ0v) is 18.4. The van der Waals surface area contributed by atoms with Gasteiger partial charge in [-0.15, -0.1) is 0 Å². The van der Waals surface area contributed by atoms with Gasteiger partial charge in [-0.05, 0) is 44.7 Å². The van der Waals surface area contributed by atoms with Crippen LogP contribution in [0.1, 0.15) is 57.9 Å². The molecule has 6 heteroatoms. The molecule has 0 aliphatic rings. The molecule has 1 aromatic carbocycles. The van der Waals surface area contributed by atoms with Gasteiger partial charge >= 0.3 is 0 Å². The summed E-state index contributed by atoms with van der Waals surface area (Å²) < 4.78 is 39.4. The Bertz CT molecular complexity index is 838. The smallest absolute Gasteiger partial charge is 0.201 e. The van der Waals surface area contributed by atoms with E-state index in [9.17, 15) is 8.78 Å². The van der Waals surface area contributed by atoms with Crippen LogP contribution in [0.25, 0.3) is 17.5 Å². The summed E-state index contributed by atoms with van der Waals surface area (Å²) in [5.41, 5.74) is 0.798. The molecule has 2 rings (SSSR count). The van der Waals surface area contributed by atoms with Gasteiger partial charge in [-0.1, -0.05) is 44.6 Å². The molecule has 31 heavy (non-hydrogen) atoms. The molecule has 0 aliphatic carbocycles.